The molecule has 0 radical (unpaired) electrons. The van der Waals surface area contributed by atoms with Crippen LogP contribution in [0.2, 0.25) is 0 Å². The van der Waals surface area contributed by atoms with E-state index in [1.165, 1.54) is 6.20 Å². The fourth-order valence-electron chi connectivity index (χ4n) is 1.62. The number of amidine groups is 1. The zero-order chi connectivity index (χ0) is 13.1. The van der Waals surface area contributed by atoms with Gasteiger partial charge in [-0.05, 0) is 31.5 Å². The van der Waals surface area contributed by atoms with E-state index in [2.05, 4.69) is 10.2 Å². The molecule has 0 unspecified atom stereocenters. The normalized spacial score (nSPS) is 10.1. The Morgan fingerprint density at radius 1 is 1.28 bits per heavy atom. The number of aryl methyl sites for hydroxylation is 2. The van der Waals surface area contributed by atoms with Crippen molar-refractivity contribution in [2.45, 2.75) is 13.8 Å². The van der Waals surface area contributed by atoms with Gasteiger partial charge in [0.05, 0.1) is 11.8 Å². The van der Waals surface area contributed by atoms with Crippen LogP contribution in [-0.2, 0) is 0 Å². The first kappa shape index (κ1) is 12.0. The van der Waals surface area contributed by atoms with Crippen molar-refractivity contribution in [3.8, 4) is 11.6 Å². The summed E-state index contributed by atoms with van der Waals surface area (Å²) < 4.78 is 5.66. The number of aromatic nitrogens is 2. The Morgan fingerprint density at radius 3 is 2.72 bits per heavy atom. The zero-order valence-electron chi connectivity index (χ0n) is 10.3. The molecule has 0 saturated carbocycles. The molecule has 0 saturated heterocycles. The lowest BCUT2D eigenvalue weighted by Crippen LogP contribution is -2.13. The Labute approximate surface area is 105 Å². The minimum Gasteiger partial charge on any atom is -0.437 e. The second-order valence-corrected chi connectivity index (χ2v) is 4.03. The topological polar surface area (TPSA) is 84.9 Å². The Hall–Kier alpha value is -2.43. The predicted octanol–water partition coefficient (Wildman–Crippen LogP) is 2.17. The molecule has 92 valence electrons. The predicted molar refractivity (Wildman–Crippen MR) is 69.0 cm³/mol. The van der Waals surface area contributed by atoms with Gasteiger partial charge in [0, 0.05) is 0 Å². The van der Waals surface area contributed by atoms with E-state index in [1.807, 2.05) is 32.0 Å². The fraction of sp³-hybridized carbons (Fsp3) is 0.154. The smallest absolute Gasteiger partial charge is 0.249 e. The standard InChI is InChI=1S/C13H14N4O/c1-8-3-4-11(9(2)7-8)18-13-10(12(14)15)5-6-16-17-13/h3-7H,1-2H3,(H3,14,15). The molecule has 5 nitrogen and oxygen atoms in total. The molecule has 0 amide bonds. The molecule has 0 aliphatic rings. The van der Waals surface area contributed by atoms with Gasteiger partial charge in [0.25, 0.3) is 0 Å². The van der Waals surface area contributed by atoms with Crippen LogP contribution in [0.1, 0.15) is 16.7 Å². The Bertz CT molecular complexity index is 595. The van der Waals surface area contributed by atoms with Crippen molar-refractivity contribution in [2.75, 3.05) is 0 Å². The summed E-state index contributed by atoms with van der Waals surface area (Å²) in [4.78, 5) is 0. The van der Waals surface area contributed by atoms with Crippen LogP contribution < -0.4 is 10.5 Å². The molecule has 0 spiro atoms. The highest BCUT2D eigenvalue weighted by Crippen LogP contribution is 2.25. The average molecular weight is 242 g/mol. The fourth-order valence-corrected chi connectivity index (χ4v) is 1.62. The van der Waals surface area contributed by atoms with Crippen LogP contribution in [-0.4, -0.2) is 16.0 Å². The van der Waals surface area contributed by atoms with Crippen molar-refractivity contribution in [1.82, 2.24) is 10.2 Å². The van der Waals surface area contributed by atoms with E-state index < -0.39 is 0 Å². The largest absolute Gasteiger partial charge is 0.437 e. The van der Waals surface area contributed by atoms with Gasteiger partial charge < -0.3 is 10.5 Å². The molecule has 0 bridgehead atoms. The Balaban J connectivity index is 2.37. The van der Waals surface area contributed by atoms with E-state index in [4.69, 9.17) is 15.9 Å². The number of benzene rings is 1. The van der Waals surface area contributed by atoms with E-state index in [0.29, 0.717) is 11.3 Å². The molecular formula is C13H14N4O. The highest BCUT2D eigenvalue weighted by molar-refractivity contribution is 5.96. The first-order chi connectivity index (χ1) is 8.58. The molecule has 2 rings (SSSR count). The van der Waals surface area contributed by atoms with Crippen molar-refractivity contribution >= 4 is 5.84 Å². The van der Waals surface area contributed by atoms with Gasteiger partial charge in [0.15, 0.2) is 0 Å². The van der Waals surface area contributed by atoms with Crippen molar-refractivity contribution in [3.05, 3.63) is 47.2 Å². The number of nitrogen functional groups attached to an aromatic ring is 1. The van der Waals surface area contributed by atoms with Gasteiger partial charge in [0.2, 0.25) is 5.88 Å². The molecule has 18 heavy (non-hydrogen) atoms. The number of rotatable bonds is 3. The summed E-state index contributed by atoms with van der Waals surface area (Å²) in [6, 6.07) is 7.43. The number of ether oxygens (including phenoxy) is 1. The van der Waals surface area contributed by atoms with E-state index in [1.54, 1.807) is 6.07 Å². The molecule has 0 atom stereocenters. The van der Waals surface area contributed by atoms with Gasteiger partial charge in [0.1, 0.15) is 11.6 Å². The van der Waals surface area contributed by atoms with Crippen LogP contribution in [0.4, 0.5) is 0 Å². The number of nitrogens with two attached hydrogens (primary N) is 1. The SMILES string of the molecule is Cc1ccc(Oc2nnccc2C(=N)N)c(C)c1. The molecule has 0 fully saturated rings. The van der Waals surface area contributed by atoms with Gasteiger partial charge in [-0.15, -0.1) is 5.10 Å². The summed E-state index contributed by atoms with van der Waals surface area (Å²) in [5, 5.41) is 15.1. The third kappa shape index (κ3) is 2.45. The van der Waals surface area contributed by atoms with E-state index in [9.17, 15) is 0 Å². The highest BCUT2D eigenvalue weighted by atomic mass is 16.5. The maximum absolute atomic E-state index is 7.46. The highest BCUT2D eigenvalue weighted by Gasteiger charge is 2.10. The molecule has 1 heterocycles. The first-order valence-electron chi connectivity index (χ1n) is 5.49. The quantitative estimate of drug-likeness (QED) is 0.638. The minimum absolute atomic E-state index is 0.0929. The van der Waals surface area contributed by atoms with Gasteiger partial charge in [-0.25, -0.2) is 0 Å². The van der Waals surface area contributed by atoms with Crippen molar-refractivity contribution in [1.29, 1.82) is 5.41 Å². The molecule has 1 aromatic heterocycles. The van der Waals surface area contributed by atoms with Crippen LogP contribution >= 0.6 is 0 Å². The third-order valence-electron chi connectivity index (χ3n) is 2.51. The molecule has 2 aromatic rings. The minimum atomic E-state index is -0.0929. The lowest BCUT2D eigenvalue weighted by molar-refractivity contribution is 0.450. The number of nitrogens with zero attached hydrogens (tertiary/aromatic N) is 2. The van der Waals surface area contributed by atoms with Gasteiger partial charge >= 0.3 is 0 Å². The second-order valence-electron chi connectivity index (χ2n) is 4.03. The summed E-state index contributed by atoms with van der Waals surface area (Å²) in [6.45, 7) is 3.96. The summed E-state index contributed by atoms with van der Waals surface area (Å²) in [6.07, 6.45) is 1.48. The van der Waals surface area contributed by atoms with Crippen LogP contribution in [0.15, 0.2) is 30.5 Å². The molecule has 0 aliphatic heterocycles. The summed E-state index contributed by atoms with van der Waals surface area (Å²) >= 11 is 0. The van der Waals surface area contributed by atoms with E-state index >= 15 is 0 Å². The van der Waals surface area contributed by atoms with Gasteiger partial charge in [-0.1, -0.05) is 17.7 Å². The third-order valence-corrected chi connectivity index (χ3v) is 2.51. The van der Waals surface area contributed by atoms with Crippen LogP contribution in [0.25, 0.3) is 0 Å². The second kappa shape index (κ2) is 4.83. The molecule has 5 heteroatoms. The van der Waals surface area contributed by atoms with Crippen molar-refractivity contribution in [3.63, 3.8) is 0 Å². The first-order valence-corrected chi connectivity index (χ1v) is 5.49. The monoisotopic (exact) mass is 242 g/mol. The van der Waals surface area contributed by atoms with Crippen LogP contribution in [0.3, 0.4) is 0 Å². The maximum Gasteiger partial charge on any atom is 0.249 e. The summed E-state index contributed by atoms with van der Waals surface area (Å²) in [5.41, 5.74) is 8.05. The molecular weight excluding hydrogens is 228 g/mol. The molecule has 3 N–H and O–H groups in total. The zero-order valence-corrected chi connectivity index (χ0v) is 10.3. The Kier molecular flexibility index (Phi) is 3.23. The summed E-state index contributed by atoms with van der Waals surface area (Å²) in [7, 11) is 0. The lowest BCUT2D eigenvalue weighted by Gasteiger charge is -2.10. The average Bonchev–Trinajstić information content (AvgIpc) is 2.33. The molecule has 1 aromatic carbocycles. The summed E-state index contributed by atoms with van der Waals surface area (Å²) in [5.74, 6) is 0.838. The maximum atomic E-state index is 7.46. The van der Waals surface area contributed by atoms with Crippen LogP contribution in [0, 0.1) is 19.3 Å². The van der Waals surface area contributed by atoms with Gasteiger partial charge in [-0.2, -0.15) is 5.10 Å². The van der Waals surface area contributed by atoms with Crippen molar-refractivity contribution < 1.29 is 4.74 Å². The number of hydrogen-bond acceptors (Lipinski definition) is 4. The number of hydrogen-bond donors (Lipinski definition) is 2. The van der Waals surface area contributed by atoms with Crippen LogP contribution in [0.5, 0.6) is 11.6 Å². The Morgan fingerprint density at radius 2 is 2.06 bits per heavy atom. The number of nitrogens with one attached hydrogen (secondary N) is 1. The van der Waals surface area contributed by atoms with E-state index in [0.717, 1.165) is 11.1 Å². The lowest BCUT2D eigenvalue weighted by atomic mass is 10.1. The van der Waals surface area contributed by atoms with E-state index in [-0.39, 0.29) is 11.7 Å². The van der Waals surface area contributed by atoms with Gasteiger partial charge in [-0.3, -0.25) is 5.41 Å². The molecule has 0 aliphatic carbocycles. The van der Waals surface area contributed by atoms with Crippen molar-refractivity contribution in [2.24, 2.45) is 5.73 Å².